The van der Waals surface area contributed by atoms with Crippen LogP contribution in [0.1, 0.15) is 27.2 Å². The third kappa shape index (κ3) is 3.75. The maximum Gasteiger partial charge on any atom is 0.192 e. The van der Waals surface area contributed by atoms with Gasteiger partial charge >= 0.3 is 0 Å². The maximum atomic E-state index is 14.6. The fraction of sp³-hybridized carbons (Fsp3) is 0.733. The summed E-state index contributed by atoms with van der Waals surface area (Å²) in [6.45, 7) is 11.9. The number of alkyl halides is 1. The Morgan fingerprint density at radius 2 is 2.00 bits per heavy atom. The largest absolute Gasteiger partial charge is 0.411 e. The SMILES string of the molecule is CC(C)(C)[Si](C)(C)OC1CCN(c2ccc(N)nn2)C[C@H]1F. The van der Waals surface area contributed by atoms with Crippen molar-refractivity contribution in [2.75, 3.05) is 23.7 Å². The molecule has 1 aromatic heterocycles. The molecule has 2 N–H and O–H groups in total. The second-order valence-corrected chi connectivity index (χ2v) is 12.2. The van der Waals surface area contributed by atoms with Crippen LogP contribution < -0.4 is 10.6 Å². The van der Waals surface area contributed by atoms with Crippen molar-refractivity contribution in [3.8, 4) is 0 Å². The van der Waals surface area contributed by atoms with Crippen LogP contribution in [0.15, 0.2) is 12.1 Å². The zero-order valence-corrected chi connectivity index (χ0v) is 15.1. The zero-order valence-electron chi connectivity index (χ0n) is 14.1. The monoisotopic (exact) mass is 326 g/mol. The second kappa shape index (κ2) is 6.12. The van der Waals surface area contributed by atoms with Crippen molar-refractivity contribution in [1.82, 2.24) is 10.2 Å². The minimum atomic E-state index is -1.95. The van der Waals surface area contributed by atoms with Crippen molar-refractivity contribution in [3.63, 3.8) is 0 Å². The van der Waals surface area contributed by atoms with Gasteiger partial charge in [-0.05, 0) is 36.7 Å². The molecule has 2 rings (SSSR count). The lowest BCUT2D eigenvalue weighted by Crippen LogP contribution is -2.52. The minimum absolute atomic E-state index is 0.0896. The van der Waals surface area contributed by atoms with Crippen molar-refractivity contribution in [2.24, 2.45) is 0 Å². The normalized spacial score (nSPS) is 23.6. The summed E-state index contributed by atoms with van der Waals surface area (Å²) in [5, 5.41) is 7.95. The highest BCUT2D eigenvalue weighted by Crippen LogP contribution is 2.38. The highest BCUT2D eigenvalue weighted by atomic mass is 28.4. The molecule has 1 fully saturated rings. The summed E-state index contributed by atoms with van der Waals surface area (Å²) in [5.74, 6) is 1.04. The molecule has 1 aliphatic heterocycles. The van der Waals surface area contributed by atoms with Crippen LogP contribution in [0.3, 0.4) is 0 Å². The molecular weight excluding hydrogens is 299 g/mol. The first kappa shape index (κ1) is 17.1. The van der Waals surface area contributed by atoms with Gasteiger partial charge in [0.2, 0.25) is 0 Å². The van der Waals surface area contributed by atoms with Gasteiger partial charge in [0.25, 0.3) is 0 Å². The number of aromatic nitrogens is 2. The Morgan fingerprint density at radius 1 is 1.32 bits per heavy atom. The number of nitrogen functional groups attached to an aromatic ring is 1. The number of hydrogen-bond donors (Lipinski definition) is 1. The van der Waals surface area contributed by atoms with Gasteiger partial charge in [0.1, 0.15) is 12.0 Å². The average Bonchev–Trinajstić information content (AvgIpc) is 2.40. The van der Waals surface area contributed by atoms with Gasteiger partial charge < -0.3 is 15.1 Å². The van der Waals surface area contributed by atoms with E-state index in [2.05, 4.69) is 44.1 Å². The van der Waals surface area contributed by atoms with E-state index in [0.29, 0.717) is 18.1 Å². The molecule has 1 aliphatic rings. The van der Waals surface area contributed by atoms with Gasteiger partial charge in [-0.2, -0.15) is 0 Å². The third-order valence-electron chi connectivity index (χ3n) is 4.73. The molecule has 2 atom stereocenters. The van der Waals surface area contributed by atoms with Crippen LogP contribution in [0.4, 0.5) is 16.0 Å². The lowest BCUT2D eigenvalue weighted by atomic mass is 10.1. The molecule has 0 aromatic carbocycles. The summed E-state index contributed by atoms with van der Waals surface area (Å²) < 4.78 is 20.8. The van der Waals surface area contributed by atoms with Gasteiger partial charge in [-0.25, -0.2) is 4.39 Å². The molecule has 0 amide bonds. The number of nitrogens with two attached hydrogens (primary N) is 1. The molecule has 7 heteroatoms. The summed E-state index contributed by atoms with van der Waals surface area (Å²) in [5.41, 5.74) is 5.53. The number of piperidine rings is 1. The predicted molar refractivity (Wildman–Crippen MR) is 90.2 cm³/mol. The number of halogens is 1. The second-order valence-electron chi connectivity index (χ2n) is 7.48. The van der Waals surface area contributed by atoms with Gasteiger partial charge in [-0.1, -0.05) is 20.8 Å². The van der Waals surface area contributed by atoms with E-state index in [9.17, 15) is 4.39 Å². The van der Waals surface area contributed by atoms with E-state index in [-0.39, 0.29) is 17.7 Å². The fourth-order valence-corrected chi connectivity index (χ4v) is 3.66. The van der Waals surface area contributed by atoms with E-state index >= 15 is 0 Å². The van der Waals surface area contributed by atoms with E-state index in [4.69, 9.17) is 10.2 Å². The molecule has 5 nitrogen and oxygen atoms in total. The minimum Gasteiger partial charge on any atom is -0.411 e. The van der Waals surface area contributed by atoms with Crippen molar-refractivity contribution in [3.05, 3.63) is 12.1 Å². The number of nitrogens with zero attached hydrogens (tertiary/aromatic N) is 3. The number of hydrogen-bond acceptors (Lipinski definition) is 5. The van der Waals surface area contributed by atoms with Crippen LogP contribution in [0.5, 0.6) is 0 Å². The van der Waals surface area contributed by atoms with Gasteiger partial charge in [-0.15, -0.1) is 10.2 Å². The smallest absolute Gasteiger partial charge is 0.192 e. The molecule has 0 bridgehead atoms. The molecular formula is C15H27FN4OSi. The lowest BCUT2D eigenvalue weighted by molar-refractivity contribution is 0.0699. The molecule has 0 spiro atoms. The standard InChI is InChI=1S/C15H27FN4OSi/c1-15(2,3)22(4,5)21-12-8-9-20(10-11(12)16)14-7-6-13(17)18-19-14/h6-7,11-12H,8-10H2,1-5H3,(H2,17,18)/t11-,12?/m1/s1. The summed E-state index contributed by atoms with van der Waals surface area (Å²) in [6, 6.07) is 3.47. The summed E-state index contributed by atoms with van der Waals surface area (Å²) >= 11 is 0. The molecule has 22 heavy (non-hydrogen) atoms. The summed E-state index contributed by atoms with van der Waals surface area (Å²) in [7, 11) is -1.95. The molecule has 1 unspecified atom stereocenters. The Kier molecular flexibility index (Phi) is 4.77. The van der Waals surface area contributed by atoms with Crippen molar-refractivity contribution >= 4 is 20.0 Å². The van der Waals surface area contributed by atoms with Crippen LogP contribution in [-0.2, 0) is 4.43 Å². The molecule has 124 valence electrons. The molecule has 1 saturated heterocycles. The highest BCUT2D eigenvalue weighted by molar-refractivity contribution is 6.74. The molecule has 1 aromatic rings. The zero-order chi connectivity index (χ0) is 16.5. The topological polar surface area (TPSA) is 64.3 Å². The van der Waals surface area contributed by atoms with Crippen LogP contribution in [0, 0.1) is 0 Å². The van der Waals surface area contributed by atoms with Crippen LogP contribution in [0.2, 0.25) is 18.1 Å². The third-order valence-corrected chi connectivity index (χ3v) is 9.23. The van der Waals surface area contributed by atoms with Gasteiger partial charge in [0.15, 0.2) is 14.1 Å². The van der Waals surface area contributed by atoms with E-state index in [1.807, 2.05) is 4.90 Å². The molecule has 2 heterocycles. The Morgan fingerprint density at radius 3 is 2.50 bits per heavy atom. The van der Waals surface area contributed by atoms with Gasteiger partial charge in [0, 0.05) is 6.54 Å². The maximum absolute atomic E-state index is 14.6. The molecule has 0 saturated carbocycles. The van der Waals surface area contributed by atoms with E-state index in [1.165, 1.54) is 0 Å². The van der Waals surface area contributed by atoms with Crippen molar-refractivity contribution in [2.45, 2.75) is 57.6 Å². The van der Waals surface area contributed by atoms with E-state index in [1.54, 1.807) is 12.1 Å². The fourth-order valence-electron chi connectivity index (χ4n) is 2.28. The predicted octanol–water partition coefficient (Wildman–Crippen LogP) is 3.00. The molecule has 0 aliphatic carbocycles. The Balaban J connectivity index is 2.00. The van der Waals surface area contributed by atoms with Gasteiger partial charge in [-0.3, -0.25) is 0 Å². The lowest BCUT2D eigenvalue weighted by Gasteiger charge is -2.43. The quantitative estimate of drug-likeness (QED) is 0.865. The number of rotatable bonds is 3. The Labute approximate surface area is 133 Å². The van der Waals surface area contributed by atoms with Crippen molar-refractivity contribution in [1.29, 1.82) is 0 Å². The van der Waals surface area contributed by atoms with Crippen LogP contribution in [-0.4, -0.2) is 43.9 Å². The molecule has 0 radical (unpaired) electrons. The van der Waals surface area contributed by atoms with E-state index < -0.39 is 14.5 Å². The number of anilines is 2. The Bertz CT molecular complexity index is 503. The first-order valence-electron chi connectivity index (χ1n) is 7.76. The van der Waals surface area contributed by atoms with Crippen LogP contribution in [0.25, 0.3) is 0 Å². The first-order valence-corrected chi connectivity index (χ1v) is 10.7. The van der Waals surface area contributed by atoms with Crippen LogP contribution >= 0.6 is 0 Å². The van der Waals surface area contributed by atoms with Gasteiger partial charge in [0.05, 0.1) is 12.6 Å². The average molecular weight is 326 g/mol. The highest BCUT2D eigenvalue weighted by Gasteiger charge is 2.42. The summed E-state index contributed by atoms with van der Waals surface area (Å²) in [4.78, 5) is 1.91. The van der Waals surface area contributed by atoms with E-state index in [0.717, 1.165) is 6.54 Å². The van der Waals surface area contributed by atoms with Crippen molar-refractivity contribution < 1.29 is 8.82 Å². The summed E-state index contributed by atoms with van der Waals surface area (Å²) in [6.07, 6.45) is -0.666. The Hall–Kier alpha value is -1.21. The first-order chi connectivity index (χ1) is 10.1.